The highest BCUT2D eigenvalue weighted by atomic mass is 32.1. The number of nitrogens with zero attached hydrogens (tertiary/aromatic N) is 1. The quantitative estimate of drug-likeness (QED) is 0.784. The van der Waals surface area contributed by atoms with Crippen molar-refractivity contribution >= 4 is 17.3 Å². The first-order chi connectivity index (χ1) is 6.72. The molecule has 1 aromatic rings. The van der Waals surface area contributed by atoms with Crippen molar-refractivity contribution in [3.05, 3.63) is 16.1 Å². The maximum Gasteiger partial charge on any atom is 0.313 e. The molecule has 1 aliphatic rings. The summed E-state index contributed by atoms with van der Waals surface area (Å²) >= 11 is 1.55. The molecule has 2 rings (SSSR count). The van der Waals surface area contributed by atoms with Crippen LogP contribution in [0, 0.1) is 0 Å². The van der Waals surface area contributed by atoms with Crippen LogP contribution in [0.3, 0.4) is 0 Å². The van der Waals surface area contributed by atoms with Crippen molar-refractivity contribution in [3.63, 3.8) is 0 Å². The van der Waals surface area contributed by atoms with Crippen molar-refractivity contribution in [2.75, 3.05) is 6.54 Å². The first-order valence-corrected chi connectivity index (χ1v) is 5.48. The molecule has 1 heterocycles. The van der Waals surface area contributed by atoms with Gasteiger partial charge in [-0.05, 0) is 12.8 Å². The highest BCUT2D eigenvalue weighted by Crippen LogP contribution is 2.41. The summed E-state index contributed by atoms with van der Waals surface area (Å²) in [6, 6.07) is 0. The van der Waals surface area contributed by atoms with Gasteiger partial charge in [0, 0.05) is 17.8 Å². The summed E-state index contributed by atoms with van der Waals surface area (Å²) in [5.41, 5.74) is 6.01. The summed E-state index contributed by atoms with van der Waals surface area (Å²) in [5.74, 6) is -0.945. The predicted molar refractivity (Wildman–Crippen MR) is 53.5 cm³/mol. The van der Waals surface area contributed by atoms with E-state index in [9.17, 15) is 4.79 Å². The molecular formula is C9H12N2O2S. The van der Waals surface area contributed by atoms with Crippen LogP contribution in [0.15, 0.2) is 5.38 Å². The number of aliphatic carboxylic acids is 1. The topological polar surface area (TPSA) is 76.2 Å². The van der Waals surface area contributed by atoms with Crippen LogP contribution in [0.25, 0.3) is 0 Å². The molecule has 1 fully saturated rings. The largest absolute Gasteiger partial charge is 0.481 e. The molecule has 14 heavy (non-hydrogen) atoms. The highest BCUT2D eigenvalue weighted by Gasteiger charge is 2.28. The van der Waals surface area contributed by atoms with E-state index in [1.54, 1.807) is 11.3 Å². The van der Waals surface area contributed by atoms with Gasteiger partial charge in [0.15, 0.2) is 0 Å². The normalized spacial score (nSPS) is 18.1. The second kappa shape index (κ2) is 3.67. The molecule has 1 aliphatic carbocycles. The Morgan fingerprint density at radius 2 is 2.50 bits per heavy atom. The van der Waals surface area contributed by atoms with E-state index in [1.165, 1.54) is 12.8 Å². The van der Waals surface area contributed by atoms with Gasteiger partial charge in [0.2, 0.25) is 0 Å². The lowest BCUT2D eigenvalue weighted by molar-refractivity contribution is -0.138. The van der Waals surface area contributed by atoms with Crippen molar-refractivity contribution in [2.45, 2.75) is 24.7 Å². The maximum atomic E-state index is 10.8. The fraction of sp³-hybridized carbons (Fsp3) is 0.556. The van der Waals surface area contributed by atoms with Crippen LogP contribution in [-0.4, -0.2) is 22.6 Å². The van der Waals surface area contributed by atoms with Gasteiger partial charge in [0.1, 0.15) is 5.92 Å². The smallest absolute Gasteiger partial charge is 0.313 e. The van der Waals surface area contributed by atoms with Gasteiger partial charge in [-0.3, -0.25) is 4.79 Å². The molecule has 1 aromatic heterocycles. The molecule has 5 heteroatoms. The number of hydrogen-bond donors (Lipinski definition) is 2. The molecule has 0 amide bonds. The van der Waals surface area contributed by atoms with Gasteiger partial charge in [0.05, 0.1) is 10.7 Å². The van der Waals surface area contributed by atoms with Crippen molar-refractivity contribution in [1.82, 2.24) is 4.98 Å². The van der Waals surface area contributed by atoms with Gasteiger partial charge in [-0.25, -0.2) is 4.98 Å². The van der Waals surface area contributed by atoms with Crippen LogP contribution < -0.4 is 5.73 Å². The van der Waals surface area contributed by atoms with E-state index in [1.807, 2.05) is 5.38 Å². The van der Waals surface area contributed by atoms with Crippen molar-refractivity contribution in [2.24, 2.45) is 5.73 Å². The molecule has 4 nitrogen and oxygen atoms in total. The van der Waals surface area contributed by atoms with Crippen molar-refractivity contribution < 1.29 is 9.90 Å². The van der Waals surface area contributed by atoms with Crippen LogP contribution in [-0.2, 0) is 4.79 Å². The highest BCUT2D eigenvalue weighted by molar-refractivity contribution is 7.09. The molecule has 0 saturated heterocycles. The summed E-state index contributed by atoms with van der Waals surface area (Å²) < 4.78 is 0. The lowest BCUT2D eigenvalue weighted by Gasteiger charge is -2.04. The summed E-state index contributed by atoms with van der Waals surface area (Å²) in [6.07, 6.45) is 2.38. The zero-order valence-corrected chi connectivity index (χ0v) is 8.46. The van der Waals surface area contributed by atoms with Gasteiger partial charge < -0.3 is 10.8 Å². The van der Waals surface area contributed by atoms with E-state index in [0.29, 0.717) is 11.6 Å². The minimum absolute atomic E-state index is 0.114. The Morgan fingerprint density at radius 3 is 3.00 bits per heavy atom. The maximum absolute atomic E-state index is 10.8. The van der Waals surface area contributed by atoms with Gasteiger partial charge in [-0.1, -0.05) is 0 Å². The molecule has 76 valence electrons. The van der Waals surface area contributed by atoms with Crippen LogP contribution in [0.5, 0.6) is 0 Å². The standard InChI is InChI=1S/C9H12N2O2S/c10-3-6(9(12)13)7-4-14-8(11-7)5-1-2-5/h4-6H,1-3,10H2,(H,12,13). The van der Waals surface area contributed by atoms with E-state index in [4.69, 9.17) is 10.8 Å². The Kier molecular flexibility index (Phi) is 2.52. The number of thiazole rings is 1. The monoisotopic (exact) mass is 212 g/mol. The molecular weight excluding hydrogens is 200 g/mol. The molecule has 1 saturated carbocycles. The second-order valence-electron chi connectivity index (χ2n) is 3.51. The minimum atomic E-state index is -0.889. The van der Waals surface area contributed by atoms with Crippen molar-refractivity contribution in [3.8, 4) is 0 Å². The zero-order chi connectivity index (χ0) is 10.1. The van der Waals surface area contributed by atoms with Crippen LogP contribution in [0.2, 0.25) is 0 Å². The predicted octanol–water partition coefficient (Wildman–Crippen LogP) is 1.15. The summed E-state index contributed by atoms with van der Waals surface area (Å²) in [5, 5.41) is 11.8. The Labute approximate surface area is 85.8 Å². The summed E-state index contributed by atoms with van der Waals surface area (Å²) in [6.45, 7) is 0.114. The van der Waals surface area contributed by atoms with Gasteiger partial charge >= 0.3 is 5.97 Å². The van der Waals surface area contributed by atoms with Gasteiger partial charge in [-0.2, -0.15) is 0 Å². The number of aromatic nitrogens is 1. The number of rotatable bonds is 4. The number of nitrogens with two attached hydrogens (primary N) is 1. The Bertz CT molecular complexity index is 346. The molecule has 0 radical (unpaired) electrons. The first-order valence-electron chi connectivity index (χ1n) is 4.60. The Hall–Kier alpha value is -0.940. The average molecular weight is 212 g/mol. The number of carboxylic acid groups (broad SMARTS) is 1. The summed E-state index contributed by atoms with van der Waals surface area (Å²) in [7, 11) is 0. The SMILES string of the molecule is NCC(C(=O)O)c1csc(C2CC2)n1. The van der Waals surface area contributed by atoms with E-state index in [0.717, 1.165) is 5.01 Å². The molecule has 0 aliphatic heterocycles. The minimum Gasteiger partial charge on any atom is -0.481 e. The van der Waals surface area contributed by atoms with Gasteiger partial charge in [0.25, 0.3) is 0 Å². The lowest BCUT2D eigenvalue weighted by atomic mass is 10.1. The van der Waals surface area contributed by atoms with E-state index in [2.05, 4.69) is 4.98 Å². The van der Waals surface area contributed by atoms with Crippen LogP contribution in [0.4, 0.5) is 0 Å². The van der Waals surface area contributed by atoms with Crippen molar-refractivity contribution in [1.29, 1.82) is 0 Å². The molecule has 0 spiro atoms. The first kappa shape index (κ1) is 9.61. The third-order valence-electron chi connectivity index (χ3n) is 2.36. The van der Waals surface area contributed by atoms with Crippen LogP contribution >= 0.6 is 11.3 Å². The molecule has 1 atom stereocenters. The second-order valence-corrected chi connectivity index (χ2v) is 4.40. The third kappa shape index (κ3) is 1.78. The van der Waals surface area contributed by atoms with E-state index in [-0.39, 0.29) is 6.54 Å². The Balaban J connectivity index is 2.17. The van der Waals surface area contributed by atoms with E-state index < -0.39 is 11.9 Å². The zero-order valence-electron chi connectivity index (χ0n) is 7.64. The number of hydrogen-bond acceptors (Lipinski definition) is 4. The third-order valence-corrected chi connectivity index (χ3v) is 3.38. The Morgan fingerprint density at radius 1 is 1.79 bits per heavy atom. The lowest BCUT2D eigenvalue weighted by Crippen LogP contribution is -2.21. The fourth-order valence-electron chi connectivity index (χ4n) is 1.33. The van der Waals surface area contributed by atoms with Crippen LogP contribution in [0.1, 0.15) is 35.4 Å². The fourth-order valence-corrected chi connectivity index (χ4v) is 2.37. The number of carboxylic acids is 1. The molecule has 1 unspecified atom stereocenters. The molecule has 3 N–H and O–H groups in total. The summed E-state index contributed by atoms with van der Waals surface area (Å²) in [4.78, 5) is 15.1. The number of carbonyl (C=O) groups is 1. The molecule has 0 aromatic carbocycles. The average Bonchev–Trinajstić information content (AvgIpc) is 2.88. The van der Waals surface area contributed by atoms with Gasteiger partial charge in [-0.15, -0.1) is 11.3 Å². The van der Waals surface area contributed by atoms with E-state index >= 15 is 0 Å². The molecule has 0 bridgehead atoms.